The zero-order valence-corrected chi connectivity index (χ0v) is 18.3. The first kappa shape index (κ1) is 22.3. The predicted octanol–water partition coefficient (Wildman–Crippen LogP) is 3.63. The van der Waals surface area contributed by atoms with Crippen LogP contribution >= 0.6 is 0 Å². The molecule has 2 aromatic rings. The lowest BCUT2D eigenvalue weighted by Gasteiger charge is -2.23. The van der Waals surface area contributed by atoms with Crippen molar-refractivity contribution in [2.24, 2.45) is 5.10 Å². The Balaban J connectivity index is 1.62. The second-order valence-corrected chi connectivity index (χ2v) is 7.24. The van der Waals surface area contributed by atoms with Gasteiger partial charge in [-0.25, -0.2) is 5.01 Å². The molecular formula is C24H29N3O4. The van der Waals surface area contributed by atoms with E-state index in [0.717, 1.165) is 16.9 Å². The van der Waals surface area contributed by atoms with E-state index in [0.29, 0.717) is 49.7 Å². The largest absolute Gasteiger partial charge is 0.490 e. The van der Waals surface area contributed by atoms with Crippen molar-refractivity contribution in [2.45, 2.75) is 40.0 Å². The number of benzene rings is 2. The topological polar surface area (TPSA) is 80.2 Å². The van der Waals surface area contributed by atoms with Crippen molar-refractivity contribution >= 4 is 23.2 Å². The van der Waals surface area contributed by atoms with Crippen LogP contribution in [0.1, 0.15) is 37.8 Å². The van der Waals surface area contributed by atoms with Crippen LogP contribution < -0.4 is 19.8 Å². The molecule has 0 bridgehead atoms. The van der Waals surface area contributed by atoms with Gasteiger partial charge < -0.3 is 14.8 Å². The van der Waals surface area contributed by atoms with Gasteiger partial charge in [0.05, 0.1) is 18.9 Å². The lowest BCUT2D eigenvalue weighted by atomic mass is 10.1. The molecule has 3 rings (SSSR count). The number of ether oxygens (including phenoxy) is 2. The minimum absolute atomic E-state index is 0.111. The molecule has 7 heteroatoms. The second kappa shape index (κ2) is 10.6. The molecule has 1 aliphatic heterocycles. The van der Waals surface area contributed by atoms with E-state index >= 15 is 0 Å². The molecular weight excluding hydrogens is 394 g/mol. The van der Waals surface area contributed by atoms with Gasteiger partial charge in [0.1, 0.15) is 5.71 Å². The number of hydrogen-bond donors (Lipinski definition) is 1. The number of amides is 2. The van der Waals surface area contributed by atoms with Gasteiger partial charge in [-0.3, -0.25) is 9.59 Å². The number of rotatable bonds is 9. The van der Waals surface area contributed by atoms with E-state index in [2.05, 4.69) is 10.4 Å². The molecule has 31 heavy (non-hydrogen) atoms. The Morgan fingerprint density at radius 2 is 1.84 bits per heavy atom. The van der Waals surface area contributed by atoms with Crippen LogP contribution in [0.5, 0.6) is 11.5 Å². The predicted molar refractivity (Wildman–Crippen MR) is 121 cm³/mol. The third-order valence-electron chi connectivity index (χ3n) is 4.85. The molecule has 1 aliphatic rings. The Bertz CT molecular complexity index is 971. The molecule has 0 saturated carbocycles. The summed E-state index contributed by atoms with van der Waals surface area (Å²) in [6, 6.07) is 13.3. The van der Waals surface area contributed by atoms with E-state index in [9.17, 15) is 9.59 Å². The lowest BCUT2D eigenvalue weighted by molar-refractivity contribution is -0.118. The molecule has 1 N–H and O–H groups in total. The van der Waals surface area contributed by atoms with Crippen molar-refractivity contribution in [2.75, 3.05) is 24.8 Å². The number of hydrogen-bond acceptors (Lipinski definition) is 5. The minimum atomic E-state index is -0.249. The van der Waals surface area contributed by atoms with E-state index in [1.165, 1.54) is 5.01 Å². The number of hydrazone groups is 1. The molecule has 0 aliphatic carbocycles. The molecule has 0 atom stereocenters. The normalized spacial score (nSPS) is 13.6. The Morgan fingerprint density at radius 3 is 2.58 bits per heavy atom. The van der Waals surface area contributed by atoms with Gasteiger partial charge in [-0.1, -0.05) is 18.2 Å². The first-order chi connectivity index (χ1) is 15.0. The average molecular weight is 424 g/mol. The zero-order chi connectivity index (χ0) is 22.2. The van der Waals surface area contributed by atoms with Gasteiger partial charge in [-0.15, -0.1) is 0 Å². The van der Waals surface area contributed by atoms with Gasteiger partial charge >= 0.3 is 0 Å². The van der Waals surface area contributed by atoms with Crippen LogP contribution in [0.2, 0.25) is 0 Å². The Morgan fingerprint density at radius 1 is 1.06 bits per heavy atom. The van der Waals surface area contributed by atoms with Crippen molar-refractivity contribution in [1.29, 1.82) is 0 Å². The molecule has 0 radical (unpaired) electrons. The number of anilines is 1. The summed E-state index contributed by atoms with van der Waals surface area (Å²) in [5.41, 5.74) is 3.10. The maximum atomic E-state index is 12.6. The van der Waals surface area contributed by atoms with Crippen molar-refractivity contribution in [3.63, 3.8) is 0 Å². The maximum Gasteiger partial charge on any atom is 0.267 e. The summed E-state index contributed by atoms with van der Waals surface area (Å²) >= 11 is 0. The monoisotopic (exact) mass is 423 g/mol. The van der Waals surface area contributed by atoms with Crippen molar-refractivity contribution < 1.29 is 19.1 Å². The third kappa shape index (κ3) is 5.84. The van der Waals surface area contributed by atoms with Gasteiger partial charge in [0.15, 0.2) is 11.5 Å². The summed E-state index contributed by atoms with van der Waals surface area (Å²) in [6.45, 7) is 7.39. The molecule has 2 amide bonds. The molecule has 0 saturated heterocycles. The first-order valence-corrected chi connectivity index (χ1v) is 10.7. The third-order valence-corrected chi connectivity index (χ3v) is 4.85. The fourth-order valence-corrected chi connectivity index (χ4v) is 3.35. The smallest absolute Gasteiger partial charge is 0.267 e. The van der Waals surface area contributed by atoms with E-state index < -0.39 is 0 Å². The van der Waals surface area contributed by atoms with E-state index in [4.69, 9.17) is 9.47 Å². The van der Waals surface area contributed by atoms with Crippen molar-refractivity contribution in [3.05, 3.63) is 53.6 Å². The first-order valence-electron chi connectivity index (χ1n) is 10.7. The van der Waals surface area contributed by atoms with E-state index in [1.54, 1.807) is 0 Å². The molecule has 0 aromatic heterocycles. The van der Waals surface area contributed by atoms with Crippen LogP contribution in [-0.2, 0) is 16.0 Å². The number of aryl methyl sites for hydroxylation is 1. The Kier molecular flexibility index (Phi) is 7.65. The van der Waals surface area contributed by atoms with Crippen LogP contribution in [0.4, 0.5) is 5.69 Å². The summed E-state index contributed by atoms with van der Waals surface area (Å²) < 4.78 is 11.2. The van der Waals surface area contributed by atoms with Crippen LogP contribution in [-0.4, -0.2) is 37.3 Å². The summed E-state index contributed by atoms with van der Waals surface area (Å²) in [6.07, 6.45) is 1.24. The average Bonchev–Trinajstić information content (AvgIpc) is 2.76. The zero-order valence-electron chi connectivity index (χ0n) is 18.3. The van der Waals surface area contributed by atoms with Crippen LogP contribution in [0.25, 0.3) is 0 Å². The van der Waals surface area contributed by atoms with Crippen molar-refractivity contribution in [3.8, 4) is 11.5 Å². The van der Waals surface area contributed by atoms with Gasteiger partial charge in [-0.05, 0) is 62.6 Å². The molecule has 164 valence electrons. The van der Waals surface area contributed by atoms with E-state index in [1.807, 2.05) is 63.2 Å². The summed E-state index contributed by atoms with van der Waals surface area (Å²) in [5.74, 6) is 1.06. The minimum Gasteiger partial charge on any atom is -0.490 e. The SMILES string of the molecule is CCOc1ccc(CCNC(=O)C2=NN(c3cccc(C)c3)C(=O)CC2)cc1OCC. The molecule has 7 nitrogen and oxygen atoms in total. The highest BCUT2D eigenvalue weighted by atomic mass is 16.5. The Hall–Kier alpha value is -3.35. The fourth-order valence-electron chi connectivity index (χ4n) is 3.35. The Labute approximate surface area is 183 Å². The fraction of sp³-hybridized carbons (Fsp3) is 0.375. The van der Waals surface area contributed by atoms with Gasteiger partial charge in [0.25, 0.3) is 5.91 Å². The second-order valence-electron chi connectivity index (χ2n) is 7.24. The van der Waals surface area contributed by atoms with Gasteiger partial charge in [0.2, 0.25) is 5.91 Å². The van der Waals surface area contributed by atoms with E-state index in [-0.39, 0.29) is 18.2 Å². The van der Waals surface area contributed by atoms with Crippen LogP contribution in [0.3, 0.4) is 0 Å². The highest BCUT2D eigenvalue weighted by Crippen LogP contribution is 2.28. The van der Waals surface area contributed by atoms with Gasteiger partial charge in [0, 0.05) is 19.4 Å². The highest BCUT2D eigenvalue weighted by molar-refractivity contribution is 6.40. The number of carbonyl (C=O) groups excluding carboxylic acids is 2. The maximum absolute atomic E-state index is 12.6. The van der Waals surface area contributed by atoms with Gasteiger partial charge in [-0.2, -0.15) is 5.10 Å². The summed E-state index contributed by atoms with van der Waals surface area (Å²) in [4.78, 5) is 24.9. The van der Waals surface area contributed by atoms with Crippen molar-refractivity contribution in [1.82, 2.24) is 5.32 Å². The number of carbonyl (C=O) groups is 2. The van der Waals surface area contributed by atoms with Crippen LogP contribution in [0, 0.1) is 6.92 Å². The molecule has 0 spiro atoms. The lowest BCUT2D eigenvalue weighted by Crippen LogP contribution is -2.39. The molecule has 0 unspecified atom stereocenters. The summed E-state index contributed by atoms with van der Waals surface area (Å²) in [5, 5.41) is 8.56. The quantitative estimate of drug-likeness (QED) is 0.668. The highest BCUT2D eigenvalue weighted by Gasteiger charge is 2.25. The molecule has 1 heterocycles. The number of nitrogens with zero attached hydrogens (tertiary/aromatic N) is 2. The standard InChI is InChI=1S/C24H29N3O4/c1-4-30-21-11-9-18(16-22(21)31-5-2)13-14-25-24(29)20-10-12-23(28)27(26-20)19-8-6-7-17(3)15-19/h6-9,11,15-16H,4-5,10,12-14H2,1-3H3,(H,25,29). The molecule has 2 aromatic carbocycles. The summed E-state index contributed by atoms with van der Waals surface area (Å²) in [7, 11) is 0. The number of nitrogens with one attached hydrogen (secondary N) is 1. The van der Waals surface area contributed by atoms with Crippen LogP contribution in [0.15, 0.2) is 47.6 Å². The molecule has 0 fully saturated rings.